The van der Waals surface area contributed by atoms with Crippen LogP contribution in [0.15, 0.2) is 54.7 Å². The first-order chi connectivity index (χ1) is 26.6. The van der Waals surface area contributed by atoms with Crippen LogP contribution in [0.3, 0.4) is 0 Å². The van der Waals surface area contributed by atoms with Crippen molar-refractivity contribution in [1.29, 1.82) is 0 Å². The lowest BCUT2D eigenvalue weighted by atomic mass is 9.98. The number of hydrogen-bond acceptors (Lipinski definition) is 8. The first-order valence-electron chi connectivity index (χ1n) is 19.0. The van der Waals surface area contributed by atoms with Crippen LogP contribution >= 0.6 is 23.2 Å². The number of amides is 2. The summed E-state index contributed by atoms with van der Waals surface area (Å²) in [6.45, 7) is 7.54. The predicted octanol–water partition coefficient (Wildman–Crippen LogP) is 7.92. The maximum absolute atomic E-state index is 15.8. The van der Waals surface area contributed by atoms with Crippen LogP contribution in [0.2, 0.25) is 10.0 Å². The third kappa shape index (κ3) is 9.23. The third-order valence-electron chi connectivity index (χ3n) is 10.7. The van der Waals surface area contributed by atoms with E-state index in [1.807, 2.05) is 54.0 Å². The molecule has 2 N–H and O–H groups in total. The number of nitrogens with one attached hydrogen (secondary N) is 2. The molecule has 2 aliphatic heterocycles. The molecule has 6 rings (SSSR count). The van der Waals surface area contributed by atoms with Gasteiger partial charge >= 0.3 is 0 Å². The van der Waals surface area contributed by atoms with Gasteiger partial charge in [0.05, 0.1) is 35.7 Å². The zero-order valence-electron chi connectivity index (χ0n) is 31.9. The largest absolute Gasteiger partial charge is 0.496 e. The fourth-order valence-corrected chi connectivity index (χ4v) is 8.08. The van der Waals surface area contributed by atoms with Gasteiger partial charge in [-0.3, -0.25) is 14.6 Å². The second-order valence-electron chi connectivity index (χ2n) is 14.0. The van der Waals surface area contributed by atoms with E-state index in [-0.39, 0.29) is 24.4 Å². The van der Waals surface area contributed by atoms with Gasteiger partial charge in [0.25, 0.3) is 0 Å². The number of likely N-dealkylation sites (tertiary alicyclic amines) is 2. The highest BCUT2D eigenvalue weighted by molar-refractivity contribution is 6.39. The number of carbonyl (C=O) groups excluding carboxylic acids is 2. The molecule has 0 spiro atoms. The minimum absolute atomic E-state index is 0.163. The number of aromatic nitrogens is 2. The Morgan fingerprint density at radius 1 is 0.800 bits per heavy atom. The number of nitrogens with zero attached hydrogens (tertiary/aromatic N) is 4. The highest BCUT2D eigenvalue weighted by atomic mass is 35.5. The molecule has 0 unspecified atom stereocenters. The fourth-order valence-electron chi connectivity index (χ4n) is 7.44. The van der Waals surface area contributed by atoms with Gasteiger partial charge in [0.2, 0.25) is 17.7 Å². The molecular weight excluding hydrogens is 742 g/mol. The van der Waals surface area contributed by atoms with Crippen molar-refractivity contribution in [2.75, 3.05) is 40.4 Å². The number of pyridine rings is 2. The van der Waals surface area contributed by atoms with Crippen LogP contribution in [0.25, 0.3) is 33.6 Å². The Hall–Kier alpha value is -4.29. The highest BCUT2D eigenvalue weighted by Gasteiger charge is 2.25. The lowest BCUT2D eigenvalue weighted by Gasteiger charge is -2.32. The molecule has 4 heterocycles. The van der Waals surface area contributed by atoms with E-state index in [0.717, 1.165) is 44.3 Å². The summed E-state index contributed by atoms with van der Waals surface area (Å²) in [5.74, 6) is 0.816. The normalized spacial score (nSPS) is 15.3. The van der Waals surface area contributed by atoms with E-state index >= 15 is 4.39 Å². The van der Waals surface area contributed by atoms with Crippen LogP contribution in [-0.2, 0) is 22.7 Å². The minimum Gasteiger partial charge on any atom is -0.496 e. The second kappa shape index (κ2) is 18.6. The Balaban J connectivity index is 1.18. The zero-order chi connectivity index (χ0) is 39.1. The topological polar surface area (TPSA) is 109 Å². The number of benzene rings is 2. The van der Waals surface area contributed by atoms with Crippen molar-refractivity contribution in [3.63, 3.8) is 0 Å². The number of rotatable bonds is 13. The lowest BCUT2D eigenvalue weighted by Crippen LogP contribution is -2.44. The van der Waals surface area contributed by atoms with E-state index in [9.17, 15) is 9.59 Å². The first kappa shape index (κ1) is 40.4. The van der Waals surface area contributed by atoms with Crippen LogP contribution in [0, 0.1) is 5.82 Å². The van der Waals surface area contributed by atoms with Gasteiger partial charge in [-0.2, -0.15) is 0 Å². The third-order valence-corrected chi connectivity index (χ3v) is 11.5. The number of ether oxygens (including phenoxy) is 2. The quantitative estimate of drug-likeness (QED) is 0.141. The van der Waals surface area contributed by atoms with Gasteiger partial charge in [0.1, 0.15) is 11.6 Å². The summed E-state index contributed by atoms with van der Waals surface area (Å²) in [5, 5.41) is 7.83. The molecule has 292 valence electrons. The van der Waals surface area contributed by atoms with Crippen LogP contribution in [-0.4, -0.2) is 84.1 Å². The predicted molar refractivity (Wildman–Crippen MR) is 215 cm³/mol. The molecule has 0 aliphatic carbocycles. The van der Waals surface area contributed by atoms with Crippen LogP contribution < -0.4 is 20.1 Å². The molecule has 2 saturated heterocycles. The molecule has 2 fully saturated rings. The monoisotopic (exact) mass is 790 g/mol. The smallest absolute Gasteiger partial charge is 0.222 e. The van der Waals surface area contributed by atoms with Gasteiger partial charge in [-0.15, -0.1) is 0 Å². The van der Waals surface area contributed by atoms with E-state index in [0.29, 0.717) is 99.4 Å². The molecular formula is C42H49Cl2FN6O4. The number of halogens is 3. The van der Waals surface area contributed by atoms with Crippen LogP contribution in [0.4, 0.5) is 4.39 Å². The van der Waals surface area contributed by atoms with E-state index in [4.69, 9.17) is 37.7 Å². The Labute approximate surface area is 332 Å². The van der Waals surface area contributed by atoms with E-state index in [1.165, 1.54) is 13.2 Å². The molecule has 2 amide bonds. The molecule has 0 saturated carbocycles. The molecule has 55 heavy (non-hydrogen) atoms. The van der Waals surface area contributed by atoms with E-state index in [1.54, 1.807) is 25.4 Å². The molecule has 0 bridgehead atoms. The van der Waals surface area contributed by atoms with Gasteiger partial charge in [0, 0.05) is 104 Å². The average Bonchev–Trinajstić information content (AvgIpc) is 3.22. The SMILES string of the molecule is CCC(=O)N1CCC(NCc2ccc(-c3cccc(-c4ccnc(-c5cc(F)c(CNC6CCN(C(=O)CC)CC6)c(OC)c5)c4Cl)c3Cl)nc2OC)CC1. The lowest BCUT2D eigenvalue weighted by molar-refractivity contribution is -0.132. The summed E-state index contributed by atoms with van der Waals surface area (Å²) in [7, 11) is 3.12. The van der Waals surface area contributed by atoms with Gasteiger partial charge in [-0.25, -0.2) is 9.37 Å². The van der Waals surface area contributed by atoms with Gasteiger partial charge in [0.15, 0.2) is 0 Å². The average molecular weight is 792 g/mol. The Bertz CT molecular complexity index is 2000. The van der Waals surface area contributed by atoms with Gasteiger partial charge in [-0.05, 0) is 49.9 Å². The molecule has 2 aromatic carbocycles. The minimum atomic E-state index is -0.434. The highest BCUT2D eigenvalue weighted by Crippen LogP contribution is 2.42. The van der Waals surface area contributed by atoms with Crippen molar-refractivity contribution in [2.24, 2.45) is 0 Å². The van der Waals surface area contributed by atoms with Gasteiger partial charge in [-0.1, -0.05) is 61.3 Å². The molecule has 0 atom stereocenters. The number of methoxy groups -OCH3 is 2. The van der Waals surface area contributed by atoms with Crippen molar-refractivity contribution in [3.05, 3.63) is 81.7 Å². The summed E-state index contributed by atoms with van der Waals surface area (Å²) in [5.41, 5.74) is 4.84. The Morgan fingerprint density at radius 2 is 1.40 bits per heavy atom. The molecule has 10 nitrogen and oxygen atoms in total. The molecule has 0 radical (unpaired) electrons. The van der Waals surface area contributed by atoms with E-state index < -0.39 is 5.82 Å². The van der Waals surface area contributed by atoms with Crippen molar-refractivity contribution in [3.8, 4) is 45.3 Å². The first-order valence-corrected chi connectivity index (χ1v) is 19.8. The summed E-state index contributed by atoms with van der Waals surface area (Å²) >= 11 is 14.2. The van der Waals surface area contributed by atoms with Crippen LogP contribution in [0.5, 0.6) is 11.6 Å². The van der Waals surface area contributed by atoms with Gasteiger partial charge < -0.3 is 29.9 Å². The Morgan fingerprint density at radius 3 is 2.00 bits per heavy atom. The molecule has 2 aromatic heterocycles. The second-order valence-corrected chi connectivity index (χ2v) is 14.7. The maximum atomic E-state index is 15.8. The number of carbonyl (C=O) groups is 2. The summed E-state index contributed by atoms with van der Waals surface area (Å²) in [4.78, 5) is 37.3. The summed E-state index contributed by atoms with van der Waals surface area (Å²) < 4.78 is 27.2. The number of hydrogen-bond donors (Lipinski definition) is 2. The molecule has 2 aliphatic rings. The zero-order valence-corrected chi connectivity index (χ0v) is 33.4. The van der Waals surface area contributed by atoms with E-state index in [2.05, 4.69) is 15.6 Å². The molecule has 4 aromatic rings. The van der Waals surface area contributed by atoms with Crippen molar-refractivity contribution in [1.82, 2.24) is 30.4 Å². The van der Waals surface area contributed by atoms with Crippen molar-refractivity contribution in [2.45, 2.75) is 77.5 Å². The van der Waals surface area contributed by atoms with Crippen LogP contribution in [0.1, 0.15) is 63.5 Å². The molecule has 13 heteroatoms. The number of piperidine rings is 2. The maximum Gasteiger partial charge on any atom is 0.222 e. The Kier molecular flexibility index (Phi) is 13.6. The summed E-state index contributed by atoms with van der Waals surface area (Å²) in [6.07, 6.45) is 6.08. The summed E-state index contributed by atoms with van der Waals surface area (Å²) in [6, 6.07) is 15.0. The van der Waals surface area contributed by atoms with Crippen molar-refractivity contribution >= 4 is 35.0 Å². The standard InChI is InChI=1S/C42H49Cl2FN6O4/c1-5-37(52)50-18-13-28(14-19-50)47-24-26-10-11-35(49-42(26)55-4)32-9-7-8-30(39(32)43)31-12-17-46-41(40(31)44)27-22-34(45)33(36(23-27)54-3)25-48-29-15-20-51(21-16-29)38(53)6-2/h7-12,17,22-23,28-29,47-48H,5-6,13-16,18-21,24-25H2,1-4H3. The fraction of sp³-hybridized carbons (Fsp3) is 0.429. The van der Waals surface area contributed by atoms with Crippen molar-refractivity contribution < 1.29 is 23.5 Å².